The van der Waals surface area contributed by atoms with Crippen LogP contribution >= 0.6 is 0 Å². The Balaban J connectivity index is 1.84. The summed E-state index contributed by atoms with van der Waals surface area (Å²) < 4.78 is 157. The average Bonchev–Trinajstić information content (AvgIpc) is 3.23. The number of halogens is 9. The Labute approximate surface area is 260 Å². The Hall–Kier alpha value is -4.20. The molecule has 1 fully saturated rings. The molecule has 1 aliphatic heterocycles. The standard InChI is InChI=1S/C27H23F9N4O6S/c1-12-20(13-5-14(25(28,29)30)7-15(6-13)26(31,32)33)46-23(41)40(12)11-19-18(10-38-22(39-19)47(4,43)44)17-8-16(9-37-21(17)45-3)24(2,42)27(34,35)36/h5-10,12,20,42H,11H2,1-4H3/t12-,20-,24?/m0/s1. The highest BCUT2D eigenvalue weighted by Gasteiger charge is 2.52. The maximum absolute atomic E-state index is 13.6. The first-order valence-corrected chi connectivity index (χ1v) is 14.9. The Morgan fingerprint density at radius 1 is 0.915 bits per heavy atom. The van der Waals surface area contributed by atoms with E-state index in [-0.39, 0.29) is 28.8 Å². The lowest BCUT2D eigenvalue weighted by atomic mass is 9.94. The van der Waals surface area contributed by atoms with Crippen molar-refractivity contribution in [2.45, 2.75) is 61.8 Å². The SMILES string of the molecule is COc1ncc(C(C)(O)C(F)(F)F)cc1-c1cnc(S(C)(=O)=O)nc1CN1C(=O)O[C@H](c2cc(C(F)(F)F)cc(C(F)(F)F)c2)[C@@H]1C. The summed E-state index contributed by atoms with van der Waals surface area (Å²) in [5.41, 5.74) is -9.09. The van der Waals surface area contributed by atoms with E-state index in [2.05, 4.69) is 15.0 Å². The number of nitrogens with zero attached hydrogens (tertiary/aromatic N) is 4. The number of pyridine rings is 1. The number of hydrogen-bond donors (Lipinski definition) is 1. The third-order valence-corrected chi connectivity index (χ3v) is 8.14. The Kier molecular flexibility index (Phi) is 8.95. The Bertz CT molecular complexity index is 1780. The fraction of sp³-hybridized carbons (Fsp3) is 0.407. The Morgan fingerprint density at radius 2 is 1.49 bits per heavy atom. The number of sulfone groups is 1. The molecule has 3 atom stereocenters. The molecular formula is C27H23F9N4O6S. The maximum Gasteiger partial charge on any atom is 0.421 e. The van der Waals surface area contributed by atoms with Crippen LogP contribution in [-0.4, -0.2) is 65.1 Å². The molecule has 2 aromatic heterocycles. The molecule has 256 valence electrons. The third kappa shape index (κ3) is 7.07. The Morgan fingerprint density at radius 3 is 1.98 bits per heavy atom. The fourth-order valence-electron chi connectivity index (χ4n) is 4.62. The number of amides is 1. The van der Waals surface area contributed by atoms with Gasteiger partial charge in [0.05, 0.1) is 36.5 Å². The number of rotatable bonds is 7. The molecular weight excluding hydrogens is 679 g/mol. The fourth-order valence-corrected chi connectivity index (χ4v) is 5.15. The lowest BCUT2D eigenvalue weighted by molar-refractivity contribution is -0.259. The van der Waals surface area contributed by atoms with Crippen LogP contribution in [0.15, 0.2) is 41.8 Å². The first-order chi connectivity index (χ1) is 21.4. The van der Waals surface area contributed by atoms with E-state index in [1.165, 1.54) is 6.92 Å². The molecule has 0 spiro atoms. The molecule has 1 amide bonds. The first kappa shape index (κ1) is 35.7. The number of aliphatic hydroxyl groups is 1. The van der Waals surface area contributed by atoms with Gasteiger partial charge in [-0.2, -0.15) is 39.5 Å². The highest BCUT2D eigenvalue weighted by atomic mass is 32.2. The van der Waals surface area contributed by atoms with Crippen molar-refractivity contribution in [1.82, 2.24) is 19.9 Å². The minimum absolute atomic E-state index is 0.103. The number of aromatic nitrogens is 3. The van der Waals surface area contributed by atoms with E-state index in [4.69, 9.17) is 9.47 Å². The van der Waals surface area contributed by atoms with Crippen molar-refractivity contribution in [2.24, 2.45) is 0 Å². The van der Waals surface area contributed by atoms with Crippen LogP contribution < -0.4 is 4.74 Å². The van der Waals surface area contributed by atoms with Gasteiger partial charge in [-0.25, -0.2) is 28.2 Å². The van der Waals surface area contributed by atoms with Crippen LogP contribution in [0.1, 0.15) is 47.9 Å². The molecule has 10 nitrogen and oxygen atoms in total. The van der Waals surface area contributed by atoms with Gasteiger partial charge in [-0.1, -0.05) is 0 Å². The van der Waals surface area contributed by atoms with E-state index in [9.17, 15) is 57.8 Å². The van der Waals surface area contributed by atoms with Gasteiger partial charge < -0.3 is 14.6 Å². The quantitative estimate of drug-likeness (QED) is 0.238. The minimum Gasteiger partial charge on any atom is -0.481 e. The zero-order valence-electron chi connectivity index (χ0n) is 24.4. The van der Waals surface area contributed by atoms with E-state index in [1.807, 2.05) is 0 Å². The number of ether oxygens (including phenoxy) is 2. The van der Waals surface area contributed by atoms with E-state index in [1.54, 1.807) is 0 Å². The molecule has 1 N–H and O–H groups in total. The molecule has 0 bridgehead atoms. The van der Waals surface area contributed by atoms with Crippen LogP contribution in [0.4, 0.5) is 44.3 Å². The van der Waals surface area contributed by atoms with Crippen molar-refractivity contribution in [1.29, 1.82) is 0 Å². The summed E-state index contributed by atoms with van der Waals surface area (Å²) in [5.74, 6) is -0.345. The van der Waals surface area contributed by atoms with Crippen LogP contribution in [0.25, 0.3) is 11.1 Å². The van der Waals surface area contributed by atoms with Crippen molar-refractivity contribution in [2.75, 3.05) is 13.4 Å². The average molecular weight is 703 g/mol. The van der Waals surface area contributed by atoms with E-state index < -0.39 is 86.2 Å². The van der Waals surface area contributed by atoms with Gasteiger partial charge >= 0.3 is 24.6 Å². The summed E-state index contributed by atoms with van der Waals surface area (Å²) in [6, 6.07) is 0.194. The van der Waals surface area contributed by atoms with Crippen LogP contribution in [0.3, 0.4) is 0 Å². The first-order valence-electron chi connectivity index (χ1n) is 13.0. The number of benzene rings is 1. The second kappa shape index (κ2) is 11.8. The molecule has 3 heterocycles. The van der Waals surface area contributed by atoms with Gasteiger partial charge in [-0.05, 0) is 43.7 Å². The highest BCUT2D eigenvalue weighted by Crippen LogP contribution is 2.43. The summed E-state index contributed by atoms with van der Waals surface area (Å²) in [5, 5.41) is 9.43. The van der Waals surface area contributed by atoms with Crippen molar-refractivity contribution in [3.05, 3.63) is 64.6 Å². The van der Waals surface area contributed by atoms with E-state index in [0.717, 1.165) is 30.5 Å². The molecule has 0 aliphatic carbocycles. The molecule has 0 saturated carbocycles. The predicted molar refractivity (Wildman–Crippen MR) is 141 cm³/mol. The number of cyclic esters (lactones) is 1. The molecule has 1 aliphatic rings. The zero-order chi connectivity index (χ0) is 35.5. The molecule has 4 rings (SSSR count). The van der Waals surface area contributed by atoms with E-state index in [0.29, 0.717) is 25.3 Å². The van der Waals surface area contributed by atoms with Crippen LogP contribution in [-0.2, 0) is 39.1 Å². The van der Waals surface area contributed by atoms with Crippen LogP contribution in [0, 0.1) is 0 Å². The molecule has 1 unspecified atom stereocenters. The number of carbonyl (C=O) groups excluding carboxylic acids is 1. The smallest absolute Gasteiger partial charge is 0.421 e. The van der Waals surface area contributed by atoms with Gasteiger partial charge in [-0.15, -0.1) is 0 Å². The predicted octanol–water partition coefficient (Wildman–Crippen LogP) is 5.84. The van der Waals surface area contributed by atoms with Gasteiger partial charge in [0.1, 0.15) is 6.10 Å². The second-order valence-corrected chi connectivity index (χ2v) is 12.6. The number of methoxy groups -OCH3 is 1. The number of alkyl halides is 9. The number of hydrogen-bond acceptors (Lipinski definition) is 9. The van der Waals surface area contributed by atoms with Gasteiger partial charge in [-0.3, -0.25) is 4.90 Å². The maximum atomic E-state index is 13.6. The van der Waals surface area contributed by atoms with E-state index >= 15 is 0 Å². The summed E-state index contributed by atoms with van der Waals surface area (Å²) in [7, 11) is -3.06. The van der Waals surface area contributed by atoms with Crippen molar-refractivity contribution in [3.63, 3.8) is 0 Å². The third-order valence-electron chi connectivity index (χ3n) is 7.28. The molecule has 1 aromatic carbocycles. The topological polar surface area (TPSA) is 132 Å². The lowest BCUT2D eigenvalue weighted by Gasteiger charge is -2.27. The highest BCUT2D eigenvalue weighted by molar-refractivity contribution is 7.90. The summed E-state index contributed by atoms with van der Waals surface area (Å²) in [6.45, 7) is 0.945. The molecule has 1 saturated heterocycles. The summed E-state index contributed by atoms with van der Waals surface area (Å²) in [6.07, 6.45) is -16.2. The van der Waals surface area contributed by atoms with Crippen LogP contribution in [0.2, 0.25) is 0 Å². The minimum atomic E-state index is -5.20. The second-order valence-electron chi connectivity index (χ2n) is 10.6. The zero-order valence-corrected chi connectivity index (χ0v) is 25.2. The number of carbonyl (C=O) groups is 1. The molecule has 47 heavy (non-hydrogen) atoms. The van der Waals surface area contributed by atoms with Gasteiger partial charge in [0.25, 0.3) is 0 Å². The van der Waals surface area contributed by atoms with Crippen molar-refractivity contribution < 1.29 is 67.3 Å². The van der Waals surface area contributed by atoms with Gasteiger partial charge in [0.2, 0.25) is 20.9 Å². The van der Waals surface area contributed by atoms with Gasteiger partial charge in [0, 0.05) is 35.3 Å². The lowest BCUT2D eigenvalue weighted by Crippen LogP contribution is -2.39. The van der Waals surface area contributed by atoms with Crippen LogP contribution in [0.5, 0.6) is 5.88 Å². The van der Waals surface area contributed by atoms with Crippen molar-refractivity contribution in [3.8, 4) is 17.0 Å². The summed E-state index contributed by atoms with van der Waals surface area (Å²) >= 11 is 0. The van der Waals surface area contributed by atoms with Gasteiger partial charge in [0.15, 0.2) is 5.60 Å². The monoisotopic (exact) mass is 702 g/mol. The molecule has 3 aromatic rings. The summed E-state index contributed by atoms with van der Waals surface area (Å²) in [4.78, 5) is 25.3. The molecule has 0 radical (unpaired) electrons. The largest absolute Gasteiger partial charge is 0.481 e. The van der Waals surface area contributed by atoms with Crippen molar-refractivity contribution >= 4 is 15.9 Å². The normalized spacial score (nSPS) is 19.0. The molecule has 20 heteroatoms.